The number of sulfonamides is 1. The number of nitrogens with two attached hydrogens (primary N) is 1. The number of hydrogen-bond donors (Lipinski definition) is 3. The average molecular weight is 467 g/mol. The Morgan fingerprint density at radius 1 is 1.13 bits per heavy atom. The second-order valence-electron chi connectivity index (χ2n) is 8.10. The maximum absolute atomic E-state index is 12.6. The minimum absolute atomic E-state index is 0.146. The SMILES string of the molecule is CC(C)NS(=O)(=O)c1ccc(NC(=O)[C@@H](C)Sc2nnc(C3CCCCC3)n2N)cc1. The van der Waals surface area contributed by atoms with Gasteiger partial charge in [-0.05, 0) is 57.9 Å². The molecule has 1 saturated carbocycles. The van der Waals surface area contributed by atoms with E-state index in [-0.39, 0.29) is 16.8 Å². The quantitative estimate of drug-likeness (QED) is 0.402. The number of rotatable bonds is 8. The number of aromatic nitrogens is 3. The van der Waals surface area contributed by atoms with Gasteiger partial charge >= 0.3 is 0 Å². The third kappa shape index (κ3) is 5.98. The van der Waals surface area contributed by atoms with E-state index in [1.807, 2.05) is 0 Å². The van der Waals surface area contributed by atoms with Crippen molar-refractivity contribution in [1.29, 1.82) is 0 Å². The van der Waals surface area contributed by atoms with Gasteiger partial charge in [0, 0.05) is 17.6 Å². The number of carbonyl (C=O) groups excluding carboxylic acids is 1. The second-order valence-corrected chi connectivity index (χ2v) is 11.1. The molecule has 1 amide bonds. The van der Waals surface area contributed by atoms with Crippen molar-refractivity contribution < 1.29 is 13.2 Å². The van der Waals surface area contributed by atoms with E-state index < -0.39 is 15.3 Å². The first-order valence-electron chi connectivity index (χ1n) is 10.5. The Hall–Kier alpha value is -2.11. The number of hydrogen-bond acceptors (Lipinski definition) is 7. The highest BCUT2D eigenvalue weighted by Gasteiger charge is 2.25. The normalized spacial score (nSPS) is 16.4. The number of carbonyl (C=O) groups is 1. The summed E-state index contributed by atoms with van der Waals surface area (Å²) < 4.78 is 28.4. The van der Waals surface area contributed by atoms with Gasteiger partial charge < -0.3 is 11.2 Å². The van der Waals surface area contributed by atoms with Crippen LogP contribution in [0.25, 0.3) is 0 Å². The number of amides is 1. The summed E-state index contributed by atoms with van der Waals surface area (Å²) in [6.45, 7) is 5.28. The molecule has 1 aliphatic rings. The molecule has 3 rings (SSSR count). The van der Waals surface area contributed by atoms with E-state index >= 15 is 0 Å². The molecule has 1 atom stereocenters. The summed E-state index contributed by atoms with van der Waals surface area (Å²) in [5.41, 5.74) is 0.512. The predicted octanol–water partition coefficient (Wildman–Crippen LogP) is 2.85. The zero-order valence-corrected chi connectivity index (χ0v) is 19.7. The van der Waals surface area contributed by atoms with Crippen molar-refractivity contribution >= 4 is 33.4 Å². The molecule has 0 radical (unpaired) electrons. The van der Waals surface area contributed by atoms with Crippen LogP contribution in [0.1, 0.15) is 64.6 Å². The van der Waals surface area contributed by atoms with E-state index in [0.29, 0.717) is 16.8 Å². The maximum Gasteiger partial charge on any atom is 0.240 e. The summed E-state index contributed by atoms with van der Waals surface area (Å²) in [5.74, 6) is 7.07. The minimum atomic E-state index is -3.57. The molecule has 11 heteroatoms. The largest absolute Gasteiger partial charge is 0.336 e. The summed E-state index contributed by atoms with van der Waals surface area (Å²) >= 11 is 1.24. The first-order chi connectivity index (χ1) is 14.7. The molecule has 1 heterocycles. The smallest absolute Gasteiger partial charge is 0.240 e. The lowest BCUT2D eigenvalue weighted by Gasteiger charge is -2.20. The van der Waals surface area contributed by atoms with Gasteiger partial charge in [0.15, 0.2) is 5.82 Å². The number of thioether (sulfide) groups is 1. The first kappa shape index (κ1) is 23.6. The number of benzene rings is 1. The van der Waals surface area contributed by atoms with Gasteiger partial charge in [0.2, 0.25) is 21.1 Å². The van der Waals surface area contributed by atoms with Gasteiger partial charge in [-0.25, -0.2) is 17.8 Å². The molecule has 1 aromatic heterocycles. The van der Waals surface area contributed by atoms with Crippen LogP contribution in [-0.4, -0.2) is 40.5 Å². The Labute approximate surface area is 187 Å². The monoisotopic (exact) mass is 466 g/mol. The molecule has 1 aliphatic carbocycles. The molecule has 0 unspecified atom stereocenters. The standard InChI is InChI=1S/C20H30N6O3S2/c1-13(2)25-31(28,29)17-11-9-16(10-12-17)22-19(27)14(3)30-20-24-23-18(26(20)21)15-7-5-4-6-8-15/h9-15,25H,4-8,21H2,1-3H3,(H,22,27)/t14-/m1/s1. The van der Waals surface area contributed by atoms with Crippen LogP contribution in [0.3, 0.4) is 0 Å². The van der Waals surface area contributed by atoms with Gasteiger partial charge in [-0.3, -0.25) is 4.79 Å². The van der Waals surface area contributed by atoms with E-state index in [1.54, 1.807) is 32.9 Å². The van der Waals surface area contributed by atoms with E-state index in [2.05, 4.69) is 20.2 Å². The summed E-state index contributed by atoms with van der Waals surface area (Å²) in [6, 6.07) is 5.86. The van der Waals surface area contributed by atoms with Crippen LogP contribution < -0.4 is 15.9 Å². The molecule has 2 aromatic rings. The van der Waals surface area contributed by atoms with Gasteiger partial charge in [-0.2, -0.15) is 0 Å². The fourth-order valence-electron chi connectivity index (χ4n) is 3.56. The van der Waals surface area contributed by atoms with Crippen LogP contribution in [0.15, 0.2) is 34.3 Å². The zero-order valence-electron chi connectivity index (χ0n) is 18.0. The molecule has 0 saturated heterocycles. The average Bonchev–Trinajstić information content (AvgIpc) is 3.08. The van der Waals surface area contributed by atoms with Gasteiger partial charge in [0.25, 0.3) is 0 Å². The minimum Gasteiger partial charge on any atom is -0.336 e. The van der Waals surface area contributed by atoms with Crippen LogP contribution in [0.5, 0.6) is 0 Å². The fraction of sp³-hybridized carbons (Fsp3) is 0.550. The van der Waals surface area contributed by atoms with E-state index in [0.717, 1.165) is 18.7 Å². The van der Waals surface area contributed by atoms with Crippen molar-refractivity contribution in [1.82, 2.24) is 19.6 Å². The summed E-state index contributed by atoms with van der Waals surface area (Å²) in [4.78, 5) is 12.7. The highest BCUT2D eigenvalue weighted by Crippen LogP contribution is 2.33. The predicted molar refractivity (Wildman–Crippen MR) is 122 cm³/mol. The van der Waals surface area contributed by atoms with E-state index in [1.165, 1.54) is 47.8 Å². The van der Waals surface area contributed by atoms with E-state index in [4.69, 9.17) is 5.84 Å². The number of nitrogens with one attached hydrogen (secondary N) is 2. The molecular weight excluding hydrogens is 436 g/mol. The lowest BCUT2D eigenvalue weighted by molar-refractivity contribution is -0.115. The molecule has 170 valence electrons. The summed E-state index contributed by atoms with van der Waals surface area (Å²) in [5, 5.41) is 11.3. The Morgan fingerprint density at radius 2 is 1.77 bits per heavy atom. The molecule has 0 aliphatic heterocycles. The molecule has 0 bridgehead atoms. The molecule has 9 nitrogen and oxygen atoms in total. The maximum atomic E-state index is 12.6. The Balaban J connectivity index is 1.60. The van der Waals surface area contributed by atoms with Gasteiger partial charge in [0.1, 0.15) is 0 Å². The highest BCUT2D eigenvalue weighted by molar-refractivity contribution is 8.00. The molecular formula is C20H30N6O3S2. The van der Waals surface area contributed by atoms with Crippen molar-refractivity contribution in [2.24, 2.45) is 0 Å². The van der Waals surface area contributed by atoms with Gasteiger partial charge in [-0.1, -0.05) is 31.0 Å². The molecule has 4 N–H and O–H groups in total. The van der Waals surface area contributed by atoms with Crippen molar-refractivity contribution in [3.8, 4) is 0 Å². The van der Waals surface area contributed by atoms with Crippen molar-refractivity contribution in [2.45, 2.75) is 80.1 Å². The zero-order chi connectivity index (χ0) is 22.6. The molecule has 31 heavy (non-hydrogen) atoms. The topological polar surface area (TPSA) is 132 Å². The first-order valence-corrected chi connectivity index (χ1v) is 12.8. The Morgan fingerprint density at radius 3 is 2.39 bits per heavy atom. The summed E-state index contributed by atoms with van der Waals surface area (Å²) in [6.07, 6.45) is 5.72. The Bertz CT molecular complexity index is 998. The van der Waals surface area contributed by atoms with E-state index in [9.17, 15) is 13.2 Å². The number of anilines is 1. The third-order valence-electron chi connectivity index (χ3n) is 5.14. The second kappa shape index (κ2) is 10.0. The van der Waals surface area contributed by atoms with Crippen LogP contribution in [0.2, 0.25) is 0 Å². The van der Waals surface area contributed by atoms with Crippen molar-refractivity contribution in [3.63, 3.8) is 0 Å². The molecule has 1 fully saturated rings. The molecule has 0 spiro atoms. The number of nitrogens with zero attached hydrogens (tertiary/aromatic N) is 3. The number of nitrogen functional groups attached to an aromatic ring is 1. The van der Waals surface area contributed by atoms with Crippen LogP contribution in [0, 0.1) is 0 Å². The van der Waals surface area contributed by atoms with Crippen molar-refractivity contribution in [2.75, 3.05) is 11.2 Å². The lowest BCUT2D eigenvalue weighted by atomic mass is 9.89. The highest BCUT2D eigenvalue weighted by atomic mass is 32.2. The van der Waals surface area contributed by atoms with Crippen LogP contribution in [-0.2, 0) is 14.8 Å². The van der Waals surface area contributed by atoms with Gasteiger partial charge in [0.05, 0.1) is 10.1 Å². The Kier molecular flexibility index (Phi) is 7.60. The van der Waals surface area contributed by atoms with Crippen LogP contribution >= 0.6 is 11.8 Å². The summed E-state index contributed by atoms with van der Waals surface area (Å²) in [7, 11) is -3.57. The van der Waals surface area contributed by atoms with Gasteiger partial charge in [-0.15, -0.1) is 10.2 Å². The fourth-order valence-corrected chi connectivity index (χ4v) is 5.59. The third-order valence-corrected chi connectivity index (χ3v) is 7.87. The van der Waals surface area contributed by atoms with Crippen LogP contribution in [0.4, 0.5) is 5.69 Å². The molecule has 1 aromatic carbocycles. The van der Waals surface area contributed by atoms with Crippen molar-refractivity contribution in [3.05, 3.63) is 30.1 Å². The lowest BCUT2D eigenvalue weighted by Crippen LogP contribution is -2.30.